The number of thiazole rings is 1. The number of thiophene rings is 1. The van der Waals surface area contributed by atoms with Gasteiger partial charge < -0.3 is 30.2 Å². The molecule has 4 heterocycles. The molecule has 0 spiro atoms. The molecule has 0 saturated carbocycles. The van der Waals surface area contributed by atoms with Crippen molar-refractivity contribution in [2.45, 2.75) is 59.9 Å². The average Bonchev–Trinajstić information content (AvgIpc) is 3.85. The summed E-state index contributed by atoms with van der Waals surface area (Å²) in [5.41, 5.74) is 5.35. The second kappa shape index (κ2) is 22.1. The fraction of sp³-hybridized carbons (Fsp3) is 0.395. The van der Waals surface area contributed by atoms with Gasteiger partial charge in [0.25, 0.3) is 5.91 Å². The smallest absolute Gasteiger partial charge is 0.259 e. The van der Waals surface area contributed by atoms with Gasteiger partial charge in [-0.3, -0.25) is 34.1 Å². The van der Waals surface area contributed by atoms with Gasteiger partial charge in [-0.25, -0.2) is 4.98 Å². The highest BCUT2D eigenvalue weighted by molar-refractivity contribution is 7.16. The highest BCUT2D eigenvalue weighted by Crippen LogP contribution is 2.39. The van der Waals surface area contributed by atoms with Crippen molar-refractivity contribution in [2.24, 2.45) is 4.99 Å². The first kappa shape index (κ1) is 46.1. The first-order chi connectivity index (χ1) is 29.9. The third-order valence-electron chi connectivity index (χ3n) is 9.89. The van der Waals surface area contributed by atoms with Crippen LogP contribution in [0.4, 0.5) is 10.8 Å². The minimum atomic E-state index is -0.593. The van der Waals surface area contributed by atoms with Crippen molar-refractivity contribution >= 4 is 74.4 Å². The number of nitrogens with one attached hydrogen (secondary N) is 4. The Bertz CT molecular complexity index is 2390. The van der Waals surface area contributed by atoms with Gasteiger partial charge in [-0.05, 0) is 64.4 Å². The lowest BCUT2D eigenvalue weighted by atomic mass is 9.99. The molecule has 2 aromatic carbocycles. The number of ether oxygens (including phenoxy) is 3. The minimum absolute atomic E-state index is 0.0440. The van der Waals surface area contributed by atoms with Crippen LogP contribution in [0, 0.1) is 34.6 Å². The number of aliphatic imine (C=N–C) groups is 1. The molecule has 1 aliphatic rings. The Morgan fingerprint density at radius 1 is 0.742 bits per heavy atom. The molecule has 6 rings (SSSR count). The van der Waals surface area contributed by atoms with E-state index in [4.69, 9.17) is 30.8 Å². The normalized spacial score (nSPS) is 13.1. The summed E-state index contributed by atoms with van der Waals surface area (Å²) in [4.78, 5) is 62.6. The van der Waals surface area contributed by atoms with E-state index in [0.717, 1.165) is 42.9 Å². The number of aromatic nitrogens is 4. The van der Waals surface area contributed by atoms with Gasteiger partial charge in [0.1, 0.15) is 16.9 Å². The van der Waals surface area contributed by atoms with Gasteiger partial charge in [0.05, 0.1) is 75.1 Å². The molecule has 328 valence electrons. The number of hydrogen-bond acceptors (Lipinski definition) is 13. The highest BCUT2D eigenvalue weighted by atomic mass is 35.5. The number of hydrogen-bond donors (Lipinski definition) is 4. The number of halogens is 1. The maximum atomic E-state index is 13.2. The van der Waals surface area contributed by atoms with E-state index in [1.807, 2.05) is 49.6 Å². The Morgan fingerprint density at radius 3 is 2.06 bits per heavy atom. The van der Waals surface area contributed by atoms with Gasteiger partial charge in [0.15, 0.2) is 11.0 Å². The van der Waals surface area contributed by atoms with E-state index in [2.05, 4.69) is 50.3 Å². The van der Waals surface area contributed by atoms with Gasteiger partial charge in [0, 0.05) is 45.4 Å². The molecule has 5 aromatic rings. The van der Waals surface area contributed by atoms with Gasteiger partial charge in [-0.15, -0.1) is 32.9 Å². The second-order valence-electron chi connectivity index (χ2n) is 14.4. The summed E-state index contributed by atoms with van der Waals surface area (Å²) in [6, 6.07) is 13.7. The zero-order chi connectivity index (χ0) is 44.2. The number of rotatable bonds is 21. The number of para-hydroxylation sites is 1. The van der Waals surface area contributed by atoms with Crippen LogP contribution in [0.3, 0.4) is 0 Å². The lowest BCUT2D eigenvalue weighted by Crippen LogP contribution is -2.35. The Labute approximate surface area is 372 Å². The summed E-state index contributed by atoms with van der Waals surface area (Å²) in [6.07, 6.45) is 0.297. The monoisotopic (exact) mass is 903 g/mol. The topological polar surface area (TPSA) is 200 Å². The van der Waals surface area contributed by atoms with Crippen molar-refractivity contribution in [2.75, 3.05) is 63.4 Å². The van der Waals surface area contributed by atoms with E-state index in [0.29, 0.717) is 52.9 Å². The van der Waals surface area contributed by atoms with Gasteiger partial charge in [0.2, 0.25) is 17.7 Å². The molecule has 62 heavy (non-hydrogen) atoms. The van der Waals surface area contributed by atoms with E-state index in [1.165, 1.54) is 11.3 Å². The summed E-state index contributed by atoms with van der Waals surface area (Å²) in [5, 5.41) is 22.2. The molecule has 1 atom stereocenters. The van der Waals surface area contributed by atoms with Crippen molar-refractivity contribution in [1.29, 1.82) is 0 Å². The Kier molecular flexibility index (Phi) is 16.5. The molecule has 0 bridgehead atoms. The molecule has 0 saturated heterocycles. The molecule has 19 heteroatoms. The molecule has 0 radical (unpaired) electrons. The lowest BCUT2D eigenvalue weighted by Gasteiger charge is -2.13. The molecule has 0 aliphatic carbocycles. The summed E-state index contributed by atoms with van der Waals surface area (Å²) in [5.74, 6) is 0.224. The van der Waals surface area contributed by atoms with Crippen LogP contribution in [0.1, 0.15) is 79.4 Å². The van der Waals surface area contributed by atoms with E-state index in [1.54, 1.807) is 35.6 Å². The third-order valence-corrected chi connectivity index (χ3v) is 12.3. The standard InChI is InChI=1S/C43H50ClN9O7S2/c1-25-27(3)61-42-38(25)39(30-10-12-31(44)13-11-30)49-34(40-52-51-29(5)53(40)42)24-37(56)46-17-16-45-35(54)14-18-58-20-22-60-23-21-59-19-15-36(55)48-33-9-7-6-8-32(33)41(57)50-43-47-26(2)28(4)62-43/h6-13,34H,14-24H2,1-5H3,(H,45,54)(H,46,56)(H,48,55)(H,47,50,57)/t34-/m0/s1. The maximum Gasteiger partial charge on any atom is 0.259 e. The zero-order valence-corrected chi connectivity index (χ0v) is 37.7. The number of carbonyl (C=O) groups excluding carboxylic acids is 4. The first-order valence-corrected chi connectivity index (χ1v) is 22.2. The van der Waals surface area contributed by atoms with Crippen LogP contribution in [-0.2, 0) is 28.6 Å². The minimum Gasteiger partial charge on any atom is -0.379 e. The number of amides is 4. The van der Waals surface area contributed by atoms with Gasteiger partial charge in [-0.1, -0.05) is 35.9 Å². The van der Waals surface area contributed by atoms with Crippen LogP contribution in [-0.4, -0.2) is 102 Å². The van der Waals surface area contributed by atoms with Gasteiger partial charge >= 0.3 is 0 Å². The van der Waals surface area contributed by atoms with Crippen molar-refractivity contribution < 1.29 is 33.4 Å². The molecular weight excluding hydrogens is 854 g/mol. The zero-order valence-electron chi connectivity index (χ0n) is 35.3. The fourth-order valence-corrected chi connectivity index (χ4v) is 8.59. The molecular formula is C43H50ClN9O7S2. The highest BCUT2D eigenvalue weighted by Gasteiger charge is 2.32. The van der Waals surface area contributed by atoms with Crippen LogP contribution in [0.15, 0.2) is 53.5 Å². The Morgan fingerprint density at radius 2 is 1.39 bits per heavy atom. The Hall–Kier alpha value is -5.37. The quantitative estimate of drug-likeness (QED) is 0.0614. The summed E-state index contributed by atoms with van der Waals surface area (Å²) >= 11 is 9.25. The molecule has 4 amide bonds. The molecule has 4 N–H and O–H groups in total. The van der Waals surface area contributed by atoms with Crippen LogP contribution >= 0.6 is 34.3 Å². The van der Waals surface area contributed by atoms with E-state index in [-0.39, 0.29) is 75.8 Å². The van der Waals surface area contributed by atoms with Crippen LogP contribution in [0.5, 0.6) is 0 Å². The third kappa shape index (κ3) is 12.2. The predicted molar refractivity (Wildman–Crippen MR) is 240 cm³/mol. The predicted octanol–water partition coefficient (Wildman–Crippen LogP) is 6.22. The summed E-state index contributed by atoms with van der Waals surface area (Å²) in [6.45, 7) is 11.9. The van der Waals surface area contributed by atoms with Crippen molar-refractivity contribution in [3.8, 4) is 5.00 Å². The molecule has 3 aromatic heterocycles. The Balaban J connectivity index is 0.820. The van der Waals surface area contributed by atoms with Gasteiger partial charge in [-0.2, -0.15) is 0 Å². The average molecular weight is 905 g/mol. The summed E-state index contributed by atoms with van der Waals surface area (Å²) in [7, 11) is 0. The van der Waals surface area contributed by atoms with Crippen molar-refractivity contribution in [3.63, 3.8) is 0 Å². The molecule has 0 fully saturated rings. The van der Waals surface area contributed by atoms with E-state index in [9.17, 15) is 19.2 Å². The van der Waals surface area contributed by atoms with Crippen molar-refractivity contribution in [3.05, 3.63) is 103 Å². The second-order valence-corrected chi connectivity index (χ2v) is 17.2. The summed E-state index contributed by atoms with van der Waals surface area (Å²) < 4.78 is 18.6. The number of aryl methyl sites for hydroxylation is 4. The number of fused-ring (bicyclic) bond motifs is 3. The maximum absolute atomic E-state index is 13.2. The number of carbonyl (C=O) groups is 4. The fourth-order valence-electron chi connectivity index (χ4n) is 6.44. The van der Waals surface area contributed by atoms with Crippen LogP contribution < -0.4 is 21.3 Å². The molecule has 0 unspecified atom stereocenters. The number of nitrogens with zero attached hydrogens (tertiary/aromatic N) is 5. The van der Waals surface area contributed by atoms with E-state index >= 15 is 0 Å². The SMILES string of the molecule is Cc1nc(NC(=O)c2ccccc2NC(=O)CCOCCOCCOCCC(=O)NCCNC(=O)C[C@@H]2N=C(c3ccc(Cl)cc3)c3c(sc(C)c3C)-n3c(C)nnc32)sc1C. The molecule has 16 nitrogen and oxygen atoms in total. The lowest BCUT2D eigenvalue weighted by molar-refractivity contribution is -0.123. The van der Waals surface area contributed by atoms with E-state index < -0.39 is 6.04 Å². The molecule has 1 aliphatic heterocycles. The first-order valence-electron chi connectivity index (χ1n) is 20.2. The largest absolute Gasteiger partial charge is 0.379 e. The number of benzene rings is 2. The van der Waals surface area contributed by atoms with Crippen molar-refractivity contribution in [1.82, 2.24) is 30.4 Å². The van der Waals surface area contributed by atoms with Crippen LogP contribution in [0.2, 0.25) is 5.02 Å². The van der Waals surface area contributed by atoms with Crippen LogP contribution in [0.25, 0.3) is 5.00 Å². The number of anilines is 2.